The molecule has 1 saturated heterocycles. The first-order valence-electron chi connectivity index (χ1n) is 12.9. The second-order valence-electron chi connectivity index (χ2n) is 9.27. The van der Waals surface area contributed by atoms with Crippen LogP contribution in [0.5, 0.6) is 17.2 Å². The summed E-state index contributed by atoms with van der Waals surface area (Å²) >= 11 is 18.4. The lowest BCUT2D eigenvalue weighted by Gasteiger charge is -2.26. The Kier molecular flexibility index (Phi) is 9.21. The van der Waals surface area contributed by atoms with E-state index >= 15 is 0 Å². The fourth-order valence-electron chi connectivity index (χ4n) is 4.21. The lowest BCUT2D eigenvalue weighted by Crippen LogP contribution is -2.54. The molecule has 1 aliphatic rings. The first kappa shape index (κ1) is 30.0. The molecule has 4 amide bonds. The van der Waals surface area contributed by atoms with Gasteiger partial charge in [0.25, 0.3) is 11.8 Å². The molecule has 0 aliphatic carbocycles. The van der Waals surface area contributed by atoms with Crippen LogP contribution in [0, 0.1) is 0 Å². The first-order chi connectivity index (χ1) is 20.7. The van der Waals surface area contributed by atoms with Gasteiger partial charge >= 0.3 is 6.03 Å². The number of rotatable bonds is 9. The normalized spacial score (nSPS) is 14.1. The van der Waals surface area contributed by atoms with Gasteiger partial charge in [-0.1, -0.05) is 65.1 Å². The van der Waals surface area contributed by atoms with E-state index in [1.54, 1.807) is 66.7 Å². The first-order valence-corrected chi connectivity index (χ1v) is 14.0. The molecule has 43 heavy (non-hydrogen) atoms. The third-order valence-corrected chi connectivity index (χ3v) is 7.40. The van der Waals surface area contributed by atoms with Crippen molar-refractivity contribution in [2.24, 2.45) is 0 Å². The Morgan fingerprint density at radius 3 is 2.21 bits per heavy atom. The molecule has 0 atom stereocenters. The average molecular weight is 638 g/mol. The smallest absolute Gasteiger partial charge is 0.335 e. The van der Waals surface area contributed by atoms with Crippen molar-refractivity contribution >= 4 is 64.4 Å². The molecule has 11 heteroatoms. The molecule has 0 aromatic heterocycles. The van der Waals surface area contributed by atoms with E-state index in [1.807, 2.05) is 18.2 Å². The molecule has 0 radical (unpaired) electrons. The number of hydrogen-bond acceptors (Lipinski definition) is 6. The molecule has 4 aromatic rings. The van der Waals surface area contributed by atoms with Gasteiger partial charge in [-0.3, -0.25) is 14.9 Å². The van der Waals surface area contributed by atoms with Crippen LogP contribution in [0.4, 0.5) is 10.5 Å². The van der Waals surface area contributed by atoms with Gasteiger partial charge in [-0.25, -0.2) is 9.69 Å². The van der Waals surface area contributed by atoms with Crippen molar-refractivity contribution in [1.29, 1.82) is 0 Å². The van der Waals surface area contributed by atoms with Crippen LogP contribution < -0.4 is 24.4 Å². The average Bonchev–Trinajstić information content (AvgIpc) is 2.99. The monoisotopic (exact) mass is 636 g/mol. The van der Waals surface area contributed by atoms with E-state index in [9.17, 15) is 14.4 Å². The Balaban J connectivity index is 1.32. The number of halogens is 3. The largest absolute Gasteiger partial charge is 0.493 e. The molecule has 8 nitrogen and oxygen atoms in total. The maximum atomic E-state index is 13.4. The number of barbiturate groups is 1. The molecule has 1 aliphatic heterocycles. The lowest BCUT2D eigenvalue weighted by molar-refractivity contribution is -0.122. The van der Waals surface area contributed by atoms with Gasteiger partial charge in [0.2, 0.25) is 0 Å². The third-order valence-electron chi connectivity index (χ3n) is 6.45. The van der Waals surface area contributed by atoms with Crippen molar-refractivity contribution in [2.75, 3.05) is 12.0 Å². The molecule has 0 unspecified atom stereocenters. The summed E-state index contributed by atoms with van der Waals surface area (Å²) in [4.78, 5) is 39.6. The summed E-state index contributed by atoms with van der Waals surface area (Å²) in [6.07, 6.45) is 1.38. The number of benzene rings is 4. The Morgan fingerprint density at radius 1 is 0.767 bits per heavy atom. The Labute approximate surface area is 262 Å². The number of nitrogens with one attached hydrogen (secondary N) is 1. The number of ether oxygens (including phenoxy) is 3. The van der Waals surface area contributed by atoms with E-state index in [0.717, 1.165) is 16.0 Å². The van der Waals surface area contributed by atoms with Crippen LogP contribution in [0.1, 0.15) is 16.7 Å². The SMILES string of the molecule is COc1cc(/C=C2\C(=O)NC(=O)N(c3ccc(OCc4ccccc4Cl)cc3)C2=O)ccc1OCc1ccc(Cl)cc1Cl. The highest BCUT2D eigenvalue weighted by molar-refractivity contribution is 6.39. The van der Waals surface area contributed by atoms with E-state index < -0.39 is 17.8 Å². The number of anilines is 1. The molecule has 0 spiro atoms. The van der Waals surface area contributed by atoms with Crippen LogP contribution in [0.25, 0.3) is 6.08 Å². The standard InChI is InChI=1S/C32H23Cl3N2O6/c1-41-29-15-19(6-13-28(29)43-18-21-7-8-22(33)16-27(21)35)14-25-30(38)36-32(40)37(31(25)39)23-9-11-24(12-10-23)42-17-20-4-2-3-5-26(20)34/h2-16H,17-18H2,1H3,(H,36,38,40)/b25-14+. The van der Waals surface area contributed by atoms with Crippen LogP contribution in [0.3, 0.4) is 0 Å². The van der Waals surface area contributed by atoms with Gasteiger partial charge in [0.05, 0.1) is 12.8 Å². The van der Waals surface area contributed by atoms with E-state index in [-0.39, 0.29) is 24.5 Å². The van der Waals surface area contributed by atoms with Gasteiger partial charge in [0.15, 0.2) is 11.5 Å². The number of hydrogen-bond donors (Lipinski definition) is 1. The maximum Gasteiger partial charge on any atom is 0.335 e. The minimum atomic E-state index is -0.862. The molecular weight excluding hydrogens is 615 g/mol. The summed E-state index contributed by atoms with van der Waals surface area (Å²) in [5.74, 6) is -0.307. The quantitative estimate of drug-likeness (QED) is 0.151. The summed E-state index contributed by atoms with van der Waals surface area (Å²) in [5.41, 5.74) is 2.04. The number of amides is 4. The van der Waals surface area contributed by atoms with Crippen molar-refractivity contribution in [3.8, 4) is 17.2 Å². The van der Waals surface area contributed by atoms with E-state index in [2.05, 4.69) is 5.32 Å². The second-order valence-corrected chi connectivity index (χ2v) is 10.5. The Morgan fingerprint density at radius 2 is 1.49 bits per heavy atom. The zero-order valence-corrected chi connectivity index (χ0v) is 24.9. The fourth-order valence-corrected chi connectivity index (χ4v) is 4.87. The number of carbonyl (C=O) groups excluding carboxylic acids is 3. The predicted molar refractivity (Wildman–Crippen MR) is 165 cm³/mol. The molecule has 4 aromatic carbocycles. The van der Waals surface area contributed by atoms with Gasteiger partial charge in [-0.05, 0) is 66.2 Å². The molecular formula is C32H23Cl3N2O6. The number of urea groups is 1. The fraction of sp³-hybridized carbons (Fsp3) is 0.0938. The van der Waals surface area contributed by atoms with Crippen molar-refractivity contribution in [3.63, 3.8) is 0 Å². The summed E-state index contributed by atoms with van der Waals surface area (Å²) in [5, 5.41) is 3.78. The molecule has 5 rings (SSSR count). The zero-order valence-electron chi connectivity index (χ0n) is 22.6. The van der Waals surface area contributed by atoms with Crippen LogP contribution in [-0.2, 0) is 22.8 Å². The van der Waals surface area contributed by atoms with Gasteiger partial charge in [-0.15, -0.1) is 0 Å². The third kappa shape index (κ3) is 6.94. The Bertz CT molecular complexity index is 1740. The number of nitrogens with zero attached hydrogens (tertiary/aromatic N) is 1. The van der Waals surface area contributed by atoms with E-state index in [0.29, 0.717) is 37.9 Å². The maximum absolute atomic E-state index is 13.4. The van der Waals surface area contributed by atoms with Crippen LogP contribution in [0.15, 0.2) is 90.5 Å². The van der Waals surface area contributed by atoms with Gasteiger partial charge < -0.3 is 14.2 Å². The molecule has 218 valence electrons. The predicted octanol–water partition coefficient (Wildman–Crippen LogP) is 7.48. The van der Waals surface area contributed by atoms with Crippen molar-refractivity contribution < 1.29 is 28.6 Å². The lowest BCUT2D eigenvalue weighted by atomic mass is 10.1. The number of methoxy groups -OCH3 is 1. The minimum Gasteiger partial charge on any atom is -0.493 e. The highest BCUT2D eigenvalue weighted by Crippen LogP contribution is 2.32. The molecule has 0 bridgehead atoms. The highest BCUT2D eigenvalue weighted by atomic mass is 35.5. The van der Waals surface area contributed by atoms with Gasteiger partial charge in [0, 0.05) is 26.2 Å². The highest BCUT2D eigenvalue weighted by Gasteiger charge is 2.36. The van der Waals surface area contributed by atoms with Crippen molar-refractivity contribution in [3.05, 3.63) is 122 Å². The molecule has 1 heterocycles. The summed E-state index contributed by atoms with van der Waals surface area (Å²) in [7, 11) is 1.47. The van der Waals surface area contributed by atoms with E-state index in [1.165, 1.54) is 13.2 Å². The molecule has 0 saturated carbocycles. The van der Waals surface area contributed by atoms with Gasteiger partial charge in [0.1, 0.15) is 24.5 Å². The second kappa shape index (κ2) is 13.2. The summed E-state index contributed by atoms with van der Waals surface area (Å²) < 4.78 is 17.1. The van der Waals surface area contributed by atoms with Crippen LogP contribution >= 0.6 is 34.8 Å². The number of imide groups is 2. The Hall–Kier alpha value is -4.50. The van der Waals surface area contributed by atoms with Crippen LogP contribution in [-0.4, -0.2) is 25.0 Å². The van der Waals surface area contributed by atoms with Crippen LogP contribution in [0.2, 0.25) is 15.1 Å². The minimum absolute atomic E-state index is 0.161. The van der Waals surface area contributed by atoms with Crippen molar-refractivity contribution in [1.82, 2.24) is 5.32 Å². The summed E-state index contributed by atoms with van der Waals surface area (Å²) in [6.45, 7) is 0.403. The molecule has 1 N–H and O–H groups in total. The topological polar surface area (TPSA) is 94.2 Å². The van der Waals surface area contributed by atoms with Gasteiger partial charge in [-0.2, -0.15) is 0 Å². The van der Waals surface area contributed by atoms with E-state index in [4.69, 9.17) is 49.0 Å². The van der Waals surface area contributed by atoms with Crippen molar-refractivity contribution in [2.45, 2.75) is 13.2 Å². The molecule has 1 fully saturated rings. The summed E-state index contributed by atoms with van der Waals surface area (Å²) in [6, 6.07) is 22.8. The number of carbonyl (C=O) groups is 3. The zero-order chi connectivity index (χ0) is 30.5.